The summed E-state index contributed by atoms with van der Waals surface area (Å²) in [7, 11) is 3.37. The molecule has 0 bridgehead atoms. The predicted molar refractivity (Wildman–Crippen MR) is 27.3 cm³/mol. The van der Waals surface area contributed by atoms with E-state index in [1.807, 2.05) is 7.87 Å². The molecule has 1 saturated heterocycles. The highest BCUT2D eigenvalue weighted by atomic mass is 32.3. The monoisotopic (exact) mass is 108 g/mol. The van der Waals surface area contributed by atoms with Gasteiger partial charge in [0.1, 0.15) is 0 Å². The molecule has 0 saturated carbocycles. The van der Waals surface area contributed by atoms with E-state index in [1.54, 1.807) is 0 Å². The van der Waals surface area contributed by atoms with Crippen molar-refractivity contribution in [1.82, 2.24) is 0 Å². The zero-order valence-electron chi connectivity index (χ0n) is 2.02. The van der Waals surface area contributed by atoms with E-state index in [4.69, 9.17) is 0 Å². The van der Waals surface area contributed by atoms with Gasteiger partial charge >= 0.3 is 0 Å². The Balaban J connectivity index is 2.85. The van der Waals surface area contributed by atoms with Gasteiger partial charge in [-0.3, -0.25) is 0 Å². The third kappa shape index (κ3) is 0.176. The van der Waals surface area contributed by atoms with Crippen molar-refractivity contribution in [3.8, 4) is 0 Å². The normalized spacial score (nSPS) is 74.0. The molecule has 3 heteroatoms. The fourth-order valence-corrected chi connectivity index (χ4v) is 8.98. The van der Waals surface area contributed by atoms with E-state index in [1.165, 1.54) is 13.4 Å². The minimum Gasteiger partial charge on any atom is -0.0928 e. The van der Waals surface area contributed by atoms with Gasteiger partial charge in [-0.05, 0) is 0 Å². The first-order chi connectivity index (χ1) is 1.97. The van der Waals surface area contributed by atoms with Gasteiger partial charge in [0.15, 0.2) is 0 Å². The average Bonchev–Trinajstić information content (AvgIpc) is 1.36. The summed E-state index contributed by atoms with van der Waals surface area (Å²) >= 11 is 0. The number of rotatable bonds is 0. The van der Waals surface area contributed by atoms with Gasteiger partial charge in [-0.2, -0.15) is 0 Å². The molecule has 0 aromatic heterocycles. The smallest absolute Gasteiger partial charge is 0.0464 e. The Kier molecular flexibility index (Phi) is 0.291. The molecule has 3 atom stereocenters. The molecule has 22 valence electrons. The molecule has 2 aliphatic rings. The van der Waals surface area contributed by atoms with Gasteiger partial charge in [-0.25, -0.2) is 0 Å². The van der Waals surface area contributed by atoms with Gasteiger partial charge < -0.3 is 0 Å². The van der Waals surface area contributed by atoms with Crippen molar-refractivity contribution in [3.63, 3.8) is 0 Å². The number of hydrogen-bond donors (Lipinski definition) is 0. The second kappa shape index (κ2) is 0.495. The molecule has 0 nitrogen and oxygen atoms in total. The lowest BCUT2D eigenvalue weighted by Gasteiger charge is -1.49. The lowest BCUT2D eigenvalue weighted by molar-refractivity contribution is 2.21. The van der Waals surface area contributed by atoms with Crippen molar-refractivity contribution in [2.24, 2.45) is 0 Å². The molecular formula is CH3P3. The van der Waals surface area contributed by atoms with Crippen molar-refractivity contribution in [2.75, 3.05) is 0 Å². The largest absolute Gasteiger partial charge is 0.0928 e. The van der Waals surface area contributed by atoms with Crippen LogP contribution in [0.15, 0.2) is 0 Å². The summed E-state index contributed by atoms with van der Waals surface area (Å²) in [4.78, 5) is 0. The molecule has 1 fully saturated rings. The second-order valence-electron chi connectivity index (χ2n) is 1.06. The Bertz CT molecular complexity index is 83.3. The molecule has 2 heterocycles. The van der Waals surface area contributed by atoms with E-state index in [0.717, 1.165) is 0 Å². The Labute approximate surface area is 29.0 Å². The average molecular weight is 108 g/mol. The van der Waals surface area contributed by atoms with E-state index in [-0.39, 0.29) is 0 Å². The van der Waals surface area contributed by atoms with Crippen LogP contribution >= 0.6 is 23.0 Å². The van der Waals surface area contributed by atoms with Crippen LogP contribution in [0.5, 0.6) is 0 Å². The van der Waals surface area contributed by atoms with Gasteiger partial charge in [0.25, 0.3) is 0 Å². The maximum Gasteiger partial charge on any atom is 0.0464 e. The van der Waals surface area contributed by atoms with Crippen molar-refractivity contribution in [1.29, 1.82) is 0 Å². The van der Waals surface area contributed by atoms with Crippen molar-refractivity contribution < 1.29 is 0 Å². The van der Waals surface area contributed by atoms with Gasteiger partial charge in [-0.15, -0.1) is 0 Å². The first kappa shape index (κ1) is 2.35. The molecule has 2 rings (SSSR count). The molecule has 3 unspecified atom stereocenters. The van der Waals surface area contributed by atoms with Crippen LogP contribution in [0.2, 0.25) is 0 Å². The molecule has 0 aromatic carbocycles. The first-order valence-electron chi connectivity index (χ1n) is 1.31. The lowest BCUT2D eigenvalue weighted by Crippen LogP contribution is -1.20. The summed E-state index contributed by atoms with van der Waals surface area (Å²) in [5, 5.41) is 1.35. The van der Waals surface area contributed by atoms with Gasteiger partial charge in [0, 0.05) is 5.14 Å². The summed E-state index contributed by atoms with van der Waals surface area (Å²) in [5.41, 5.74) is 0. The van der Waals surface area contributed by atoms with Gasteiger partial charge in [0.2, 0.25) is 0 Å². The number of fused-ring (bicyclic) bond motifs is 1. The van der Waals surface area contributed by atoms with Crippen LogP contribution in [0, 0.1) is 0 Å². The molecule has 2 aliphatic heterocycles. The van der Waals surface area contributed by atoms with Crippen LogP contribution in [-0.2, 0) is 0 Å². The standard InChI is InChI=1S/CH3P3/c2-1-3-4(1)2/h1-2,4H. The summed E-state index contributed by atoms with van der Waals surface area (Å²) in [6, 6.07) is 0. The zero-order chi connectivity index (χ0) is 2.57. The van der Waals surface area contributed by atoms with Gasteiger partial charge in [-0.1, -0.05) is 23.0 Å². The third-order valence-electron chi connectivity index (χ3n) is 0.661. The van der Waals surface area contributed by atoms with E-state index in [2.05, 4.69) is 0 Å². The predicted octanol–water partition coefficient (Wildman–Crippen LogP) is 1.97. The van der Waals surface area contributed by atoms with Crippen LogP contribution in [-0.4, -0.2) is 5.14 Å². The van der Waals surface area contributed by atoms with Crippen LogP contribution < -0.4 is 0 Å². The highest BCUT2D eigenvalue weighted by molar-refractivity contribution is 8.64. The highest BCUT2D eigenvalue weighted by Crippen LogP contribution is 3.00. The minimum absolute atomic E-state index is 0.537. The van der Waals surface area contributed by atoms with Crippen LogP contribution in [0.4, 0.5) is 0 Å². The Morgan fingerprint density at radius 3 is 2.25 bits per heavy atom. The van der Waals surface area contributed by atoms with E-state index in [9.17, 15) is 0 Å². The fourth-order valence-electron chi connectivity index (χ4n) is 0.204. The van der Waals surface area contributed by atoms with E-state index >= 15 is 0 Å². The zero-order valence-corrected chi connectivity index (χ0v) is 4.92. The topological polar surface area (TPSA) is 0 Å². The molecule has 0 radical (unpaired) electrons. The molecule has 0 N–H and O–H groups in total. The Morgan fingerprint density at radius 2 is 2.25 bits per heavy atom. The third-order valence-corrected chi connectivity index (χ3v) is 12.9. The summed E-state index contributed by atoms with van der Waals surface area (Å²) in [5.74, 6) is 0. The van der Waals surface area contributed by atoms with Crippen LogP contribution in [0.3, 0.4) is 0 Å². The maximum atomic E-state index is 1.88. The van der Waals surface area contributed by atoms with Crippen LogP contribution in [0.25, 0.3) is 0 Å². The van der Waals surface area contributed by atoms with Crippen molar-refractivity contribution in [3.05, 3.63) is 0 Å². The molecule has 0 amide bonds. The quantitative estimate of drug-likeness (QED) is 0.416. The lowest BCUT2D eigenvalue weighted by atomic mass is 11.9. The molecular weight excluding hydrogens is 105 g/mol. The molecule has 0 aliphatic carbocycles. The first-order valence-corrected chi connectivity index (χ1v) is 6.77. The highest BCUT2D eigenvalue weighted by Gasteiger charge is 2.40. The Morgan fingerprint density at radius 1 is 2.00 bits per heavy atom. The SMILES string of the molecule is P1=[PH]2PC12. The van der Waals surface area contributed by atoms with E-state index in [0.29, 0.717) is 6.90 Å². The maximum absolute atomic E-state index is 1.88. The van der Waals surface area contributed by atoms with Crippen LogP contribution in [0.1, 0.15) is 0 Å². The molecule has 4 heavy (non-hydrogen) atoms. The Hall–Kier alpha value is 1.16. The van der Waals surface area contributed by atoms with Crippen molar-refractivity contribution in [2.45, 2.75) is 5.14 Å². The molecule has 0 spiro atoms. The summed E-state index contributed by atoms with van der Waals surface area (Å²) in [6.45, 7) is 0.537. The minimum atomic E-state index is 0.537. The van der Waals surface area contributed by atoms with Gasteiger partial charge in [0.05, 0.1) is 0 Å². The van der Waals surface area contributed by atoms with Crippen molar-refractivity contribution >= 4 is 23.0 Å². The molecule has 0 aromatic rings. The number of hydrogen-bond acceptors (Lipinski definition) is 0. The second-order valence-corrected chi connectivity index (χ2v) is 11.6. The van der Waals surface area contributed by atoms with E-state index < -0.39 is 0 Å². The summed E-state index contributed by atoms with van der Waals surface area (Å²) in [6.07, 6.45) is 0. The fraction of sp³-hybridized carbons (Fsp3) is 1.00. The summed E-state index contributed by atoms with van der Waals surface area (Å²) < 4.78 is 0.